The molecule has 0 aliphatic carbocycles. The Morgan fingerprint density at radius 2 is 1.84 bits per heavy atom. The minimum absolute atomic E-state index is 0.170. The molecule has 0 aliphatic heterocycles. The number of nitrogens with one attached hydrogen (secondary N) is 1. The Morgan fingerprint density at radius 3 is 2.37 bits per heavy atom. The van der Waals surface area contributed by atoms with E-state index >= 15 is 0 Å². The van der Waals surface area contributed by atoms with Gasteiger partial charge in [-0.1, -0.05) is 50.6 Å². The molecule has 106 valence electrons. The molecule has 0 spiro atoms. The van der Waals surface area contributed by atoms with Crippen LogP contribution in [0.4, 0.5) is 0 Å². The summed E-state index contributed by atoms with van der Waals surface area (Å²) in [6, 6.07) is 9.88. The quantitative estimate of drug-likeness (QED) is 0.732. The zero-order valence-corrected chi connectivity index (χ0v) is 12.2. The number of carbonyl (C=O) groups is 1. The molecule has 0 amide bonds. The highest BCUT2D eigenvalue weighted by Gasteiger charge is 2.40. The molecule has 19 heavy (non-hydrogen) atoms. The van der Waals surface area contributed by atoms with Crippen LogP contribution in [0, 0.1) is 0 Å². The van der Waals surface area contributed by atoms with E-state index in [0.29, 0.717) is 6.61 Å². The van der Waals surface area contributed by atoms with E-state index in [2.05, 4.69) is 19.2 Å². The summed E-state index contributed by atoms with van der Waals surface area (Å²) in [5.74, 6) is -0.170. The Hall–Kier alpha value is -1.35. The molecule has 1 aromatic carbocycles. The number of ether oxygens (including phenoxy) is 1. The molecule has 0 saturated heterocycles. The highest BCUT2D eigenvalue weighted by atomic mass is 16.5. The maximum Gasteiger partial charge on any atom is 0.330 e. The summed E-state index contributed by atoms with van der Waals surface area (Å²) >= 11 is 0. The van der Waals surface area contributed by atoms with Gasteiger partial charge in [-0.05, 0) is 31.9 Å². The lowest BCUT2D eigenvalue weighted by Crippen LogP contribution is -2.50. The van der Waals surface area contributed by atoms with Gasteiger partial charge in [-0.3, -0.25) is 5.32 Å². The van der Waals surface area contributed by atoms with Gasteiger partial charge in [0.1, 0.15) is 5.54 Å². The first kappa shape index (κ1) is 15.7. The van der Waals surface area contributed by atoms with Crippen LogP contribution < -0.4 is 5.32 Å². The molecule has 0 saturated carbocycles. The van der Waals surface area contributed by atoms with Crippen LogP contribution in [0.15, 0.2) is 30.3 Å². The van der Waals surface area contributed by atoms with Gasteiger partial charge in [-0.15, -0.1) is 0 Å². The molecule has 0 radical (unpaired) electrons. The Morgan fingerprint density at radius 1 is 1.16 bits per heavy atom. The fourth-order valence-corrected chi connectivity index (χ4v) is 2.32. The SMILES string of the molecule is CCCNC(CCC)(C(=O)OCC)c1ccccc1. The van der Waals surface area contributed by atoms with Crippen molar-refractivity contribution in [3.63, 3.8) is 0 Å². The molecule has 1 aromatic rings. The molecule has 1 rings (SSSR count). The van der Waals surface area contributed by atoms with Crippen LogP contribution in [0.5, 0.6) is 0 Å². The van der Waals surface area contributed by atoms with Crippen molar-refractivity contribution >= 4 is 5.97 Å². The topological polar surface area (TPSA) is 38.3 Å². The lowest BCUT2D eigenvalue weighted by molar-refractivity contribution is -0.152. The zero-order chi connectivity index (χ0) is 14.1. The molecule has 0 aliphatic rings. The van der Waals surface area contributed by atoms with Crippen molar-refractivity contribution in [2.45, 2.75) is 45.6 Å². The first-order chi connectivity index (χ1) is 9.21. The van der Waals surface area contributed by atoms with Gasteiger partial charge in [0.15, 0.2) is 0 Å². The van der Waals surface area contributed by atoms with Crippen molar-refractivity contribution in [1.29, 1.82) is 0 Å². The van der Waals surface area contributed by atoms with Crippen LogP contribution in [0.3, 0.4) is 0 Å². The molecule has 0 heterocycles. The molecule has 0 fully saturated rings. The zero-order valence-electron chi connectivity index (χ0n) is 12.2. The van der Waals surface area contributed by atoms with Crippen LogP contribution >= 0.6 is 0 Å². The van der Waals surface area contributed by atoms with Gasteiger partial charge in [0, 0.05) is 0 Å². The van der Waals surface area contributed by atoms with Crippen LogP contribution in [0.1, 0.15) is 45.6 Å². The lowest BCUT2D eigenvalue weighted by Gasteiger charge is -2.33. The molecule has 3 nitrogen and oxygen atoms in total. The van der Waals surface area contributed by atoms with Gasteiger partial charge in [-0.25, -0.2) is 4.79 Å². The number of benzene rings is 1. The minimum Gasteiger partial charge on any atom is -0.464 e. The molecule has 0 aromatic heterocycles. The smallest absolute Gasteiger partial charge is 0.330 e. The second-order valence-corrected chi connectivity index (χ2v) is 4.67. The van der Waals surface area contributed by atoms with Crippen LogP contribution in [0.25, 0.3) is 0 Å². The van der Waals surface area contributed by atoms with E-state index in [1.165, 1.54) is 0 Å². The number of rotatable bonds is 8. The summed E-state index contributed by atoms with van der Waals surface area (Å²) in [7, 11) is 0. The van der Waals surface area contributed by atoms with E-state index in [1.54, 1.807) is 0 Å². The summed E-state index contributed by atoms with van der Waals surface area (Å²) in [5, 5.41) is 3.41. The fourth-order valence-electron chi connectivity index (χ4n) is 2.32. The third kappa shape index (κ3) is 3.80. The van der Waals surface area contributed by atoms with Crippen LogP contribution in [0.2, 0.25) is 0 Å². The van der Waals surface area contributed by atoms with Gasteiger partial charge in [-0.2, -0.15) is 0 Å². The van der Waals surface area contributed by atoms with Crippen molar-refractivity contribution in [2.24, 2.45) is 0 Å². The molecular formula is C16H25NO2. The van der Waals surface area contributed by atoms with E-state index in [4.69, 9.17) is 4.74 Å². The maximum atomic E-state index is 12.5. The predicted molar refractivity (Wildman–Crippen MR) is 78.0 cm³/mol. The third-order valence-corrected chi connectivity index (χ3v) is 3.19. The summed E-state index contributed by atoms with van der Waals surface area (Å²) < 4.78 is 5.31. The van der Waals surface area contributed by atoms with Gasteiger partial charge in [0.25, 0.3) is 0 Å². The number of esters is 1. The second kappa shape index (κ2) is 7.95. The Kier molecular flexibility index (Phi) is 6.57. The molecule has 3 heteroatoms. The Bertz CT molecular complexity index is 378. The van der Waals surface area contributed by atoms with Gasteiger partial charge in [0.2, 0.25) is 0 Å². The minimum atomic E-state index is -0.706. The molecule has 1 unspecified atom stereocenters. The van der Waals surface area contributed by atoms with Crippen molar-refractivity contribution in [3.05, 3.63) is 35.9 Å². The number of hydrogen-bond acceptors (Lipinski definition) is 3. The van der Waals surface area contributed by atoms with Crippen molar-refractivity contribution in [1.82, 2.24) is 5.32 Å². The van der Waals surface area contributed by atoms with Crippen molar-refractivity contribution < 1.29 is 9.53 Å². The molecule has 0 bridgehead atoms. The van der Waals surface area contributed by atoms with Crippen molar-refractivity contribution in [2.75, 3.05) is 13.2 Å². The molecule has 1 atom stereocenters. The first-order valence-corrected chi connectivity index (χ1v) is 7.19. The lowest BCUT2D eigenvalue weighted by atomic mass is 9.85. The van der Waals surface area contributed by atoms with Gasteiger partial charge in [0.05, 0.1) is 6.61 Å². The van der Waals surface area contributed by atoms with E-state index in [0.717, 1.165) is 31.4 Å². The predicted octanol–water partition coefficient (Wildman–Crippen LogP) is 3.24. The van der Waals surface area contributed by atoms with E-state index < -0.39 is 5.54 Å². The summed E-state index contributed by atoms with van der Waals surface area (Å²) in [6.07, 6.45) is 2.65. The Balaban J connectivity index is 3.14. The number of hydrogen-bond donors (Lipinski definition) is 1. The average molecular weight is 263 g/mol. The highest BCUT2D eigenvalue weighted by Crippen LogP contribution is 2.28. The highest BCUT2D eigenvalue weighted by molar-refractivity contribution is 5.82. The molecule has 1 N–H and O–H groups in total. The summed E-state index contributed by atoms with van der Waals surface area (Å²) in [6.45, 7) is 7.24. The average Bonchev–Trinajstić information content (AvgIpc) is 2.44. The van der Waals surface area contributed by atoms with E-state index in [9.17, 15) is 4.79 Å². The summed E-state index contributed by atoms with van der Waals surface area (Å²) in [5.41, 5.74) is 0.283. The van der Waals surface area contributed by atoms with Crippen LogP contribution in [-0.4, -0.2) is 19.1 Å². The van der Waals surface area contributed by atoms with Crippen LogP contribution in [-0.2, 0) is 15.1 Å². The second-order valence-electron chi connectivity index (χ2n) is 4.67. The van der Waals surface area contributed by atoms with Gasteiger partial charge >= 0.3 is 5.97 Å². The standard InChI is InChI=1S/C16H25NO2/c1-4-12-16(17-13-5-2,15(18)19-6-3)14-10-8-7-9-11-14/h7-11,17H,4-6,12-13H2,1-3H3. The Labute approximate surface area is 116 Å². The monoisotopic (exact) mass is 263 g/mol. The number of carbonyl (C=O) groups excluding carboxylic acids is 1. The normalized spacial score (nSPS) is 13.8. The van der Waals surface area contributed by atoms with Crippen molar-refractivity contribution in [3.8, 4) is 0 Å². The first-order valence-electron chi connectivity index (χ1n) is 7.19. The fraction of sp³-hybridized carbons (Fsp3) is 0.562. The third-order valence-electron chi connectivity index (χ3n) is 3.19. The molecular weight excluding hydrogens is 238 g/mol. The summed E-state index contributed by atoms with van der Waals surface area (Å²) in [4.78, 5) is 12.5. The van der Waals surface area contributed by atoms with E-state index in [-0.39, 0.29) is 5.97 Å². The van der Waals surface area contributed by atoms with E-state index in [1.807, 2.05) is 37.3 Å². The largest absolute Gasteiger partial charge is 0.464 e. The maximum absolute atomic E-state index is 12.5. The van der Waals surface area contributed by atoms with Gasteiger partial charge < -0.3 is 4.74 Å².